The lowest BCUT2D eigenvalue weighted by atomic mass is 9.93. The van der Waals surface area contributed by atoms with Gasteiger partial charge in [-0.3, -0.25) is 66.0 Å². The number of nitrogens with one attached hydrogen (secondary N) is 6. The molecule has 0 bridgehead atoms. The number of hydrogen-bond acceptors (Lipinski definition) is 42. The van der Waals surface area contributed by atoms with Crippen LogP contribution in [0, 0.1) is 0 Å². The van der Waals surface area contributed by atoms with Crippen LogP contribution in [0.4, 0.5) is 57.9 Å². The van der Waals surface area contributed by atoms with Crippen molar-refractivity contribution in [3.05, 3.63) is 202 Å². The van der Waals surface area contributed by atoms with Gasteiger partial charge in [-0.1, -0.05) is 48.5 Å². The molecule has 698 valence electrons. The number of rotatable bonds is 27. The number of allylic oxidation sites excluding steroid dienone is 2. The minimum atomic E-state index is -5.77. The number of Topliss-reactive ketones (excluding diaryl/α,β-unsaturated/α-hetero) is 2. The summed E-state index contributed by atoms with van der Waals surface area (Å²) in [7, 11) is -66.2. The van der Waals surface area contributed by atoms with Crippen LogP contribution in [0.3, 0.4) is 0 Å². The van der Waals surface area contributed by atoms with E-state index < -0.39 is 328 Å². The molecule has 0 amide bonds. The number of fused-ring (bicyclic) bond motifs is 4. The van der Waals surface area contributed by atoms with Gasteiger partial charge in [0.15, 0.2) is 11.4 Å². The highest BCUT2D eigenvalue weighted by molar-refractivity contribution is 7.92. The lowest BCUT2D eigenvalue weighted by Gasteiger charge is -2.20. The maximum absolute atomic E-state index is 14.9. The molecule has 4 heterocycles. The Labute approximate surface area is 751 Å². The van der Waals surface area contributed by atoms with E-state index in [1.807, 2.05) is 10.9 Å². The molecule has 0 saturated heterocycles. The first-order chi connectivity index (χ1) is 61.8. The number of anilines is 10. The minimum absolute atomic E-state index is 0.383. The molecule has 0 spiro atoms. The second-order valence-corrected chi connectivity index (χ2v) is 44.0. The molecule has 54 nitrogen and oxygen atoms in total. The second kappa shape index (κ2) is 33.9. The van der Waals surface area contributed by atoms with Gasteiger partial charge in [-0.2, -0.15) is 94.4 Å². The Kier molecular flexibility index (Phi) is 24.4. The van der Waals surface area contributed by atoms with Gasteiger partial charge in [0.2, 0.25) is 11.6 Å². The number of benzene rings is 8. The molecule has 14 rings (SSSR count). The monoisotopic (exact) mass is 2080 g/mol. The third-order valence-electron chi connectivity index (χ3n) is 18.6. The highest BCUT2D eigenvalue weighted by atomic mass is 32.3. The van der Waals surface area contributed by atoms with E-state index in [-0.39, 0.29) is 0 Å². The predicted molar refractivity (Wildman–Crippen MR) is 453 cm³/mol. The lowest BCUT2D eigenvalue weighted by molar-refractivity contribution is -0.606. The zero-order valence-corrected chi connectivity index (χ0v) is 74.4. The first kappa shape index (κ1) is 96.5. The molecule has 66 heteroatoms. The highest BCUT2D eigenvalue weighted by Crippen LogP contribution is 2.43. The van der Waals surface area contributed by atoms with E-state index in [9.17, 15) is 165 Å². The zero-order chi connectivity index (χ0) is 98.2. The summed E-state index contributed by atoms with van der Waals surface area (Å²) in [6.07, 6.45) is 3.94. The van der Waals surface area contributed by atoms with Crippen molar-refractivity contribution in [3.63, 3.8) is 0 Å². The summed E-state index contributed by atoms with van der Waals surface area (Å²) in [6, 6.07) is 18.1. The van der Waals surface area contributed by atoms with Crippen molar-refractivity contribution in [1.29, 1.82) is 0 Å². The third kappa shape index (κ3) is 20.2. The van der Waals surface area contributed by atoms with Crippen molar-refractivity contribution in [2.45, 2.75) is 49.0 Å². The Morgan fingerprint density at radius 1 is 0.306 bits per heavy atom. The van der Waals surface area contributed by atoms with E-state index in [1.54, 1.807) is 0 Å². The number of carbonyl (C=O) groups is 2. The molecule has 0 fully saturated rings. The first-order valence-corrected chi connectivity index (χ1v) is 52.3. The molecule has 2 aliphatic carbocycles. The van der Waals surface area contributed by atoms with Crippen LogP contribution in [-0.2, 0) is 121 Å². The number of ketones is 2. The molecule has 12 aromatic rings. The van der Waals surface area contributed by atoms with Crippen LogP contribution in [0.25, 0.3) is 56.7 Å². The number of aromatic nitrogens is 8. The van der Waals surface area contributed by atoms with Gasteiger partial charge in [-0.15, -0.1) is 9.97 Å². The molecule has 4 aromatic heterocycles. The molecule has 134 heavy (non-hydrogen) atoms. The average Bonchev–Trinajstić information content (AvgIpc) is 0.749. The van der Waals surface area contributed by atoms with Crippen LogP contribution in [0.2, 0.25) is 0 Å². The number of pyridine rings is 2. The molecular weight excluding hydrogens is 2030 g/mol. The van der Waals surface area contributed by atoms with E-state index in [1.165, 1.54) is 0 Å². The van der Waals surface area contributed by atoms with Crippen LogP contribution in [0.5, 0.6) is 0 Å². The van der Waals surface area contributed by atoms with E-state index in [2.05, 4.69) is 61.4 Å². The Balaban J connectivity index is 0.849. The minimum Gasteiger partial charge on any atom is -0.744 e. The highest BCUT2D eigenvalue weighted by Gasteiger charge is 2.41. The predicted octanol–water partition coefficient (Wildman–Crippen LogP) is 3.13. The maximum atomic E-state index is 14.9. The Hall–Kier alpha value is -13.5. The van der Waals surface area contributed by atoms with Crippen molar-refractivity contribution < 1.29 is 174 Å². The van der Waals surface area contributed by atoms with Crippen molar-refractivity contribution >= 4 is 236 Å². The van der Waals surface area contributed by atoms with Crippen LogP contribution in [0.15, 0.2) is 239 Å². The molecule has 0 unspecified atom stereocenters. The second-order valence-electron chi connectivity index (χ2n) is 27.3. The van der Waals surface area contributed by atoms with Gasteiger partial charge >= 0.3 is 35.7 Å². The Morgan fingerprint density at radius 2 is 0.642 bits per heavy atom. The largest absolute Gasteiger partial charge is 0.744 e. The van der Waals surface area contributed by atoms with Gasteiger partial charge in [0.05, 0.1) is 78.2 Å². The SMILES string of the molecule is O=C1/C(=N/Nc2ccc3c(S(=O)(=O)O)cccc3c2S(=O)(=O)O)C(S(=O)(=O)O)=Cc2cc(S(=O)(=O)O)cc(Nc3nc(Nc4ccc(-c5ccc(Nc6nc(Nc7cc(S(=O)(=O)O)cc8c7C(=O)/C(=N\Nc7ccc9c(S(=O)(=O)O)cccc9c7S(=O)(=O)O)C(S(=O)(=O)O)=C8)nc(-[n+]7cccc(S(=O)(=O)[O-])c7)n6)cc5S(=O)(=O)O)c(S(=O)(=O)O)c4)nc(-[n+]4cccc(S(=O)(=O)[O-])c4)n3)c21. The Morgan fingerprint density at radius 3 is 0.948 bits per heavy atom. The Bertz CT molecular complexity index is 8480. The first-order valence-electron chi connectivity index (χ1n) is 35.1. The van der Waals surface area contributed by atoms with E-state index in [4.69, 9.17) is 0 Å². The molecule has 0 aliphatic heterocycles. The van der Waals surface area contributed by atoms with Gasteiger partial charge in [0.1, 0.15) is 59.4 Å². The third-order valence-corrected chi connectivity index (χ3v) is 29.2. The van der Waals surface area contributed by atoms with Crippen LogP contribution >= 0.6 is 0 Å². The summed E-state index contributed by atoms with van der Waals surface area (Å²) in [4.78, 5) is 40.4. The summed E-state index contributed by atoms with van der Waals surface area (Å²) < 4.78 is 440. The molecule has 0 radical (unpaired) electrons. The molecular formula is C68H46N16O38S12. The van der Waals surface area contributed by atoms with E-state index >= 15 is 0 Å². The van der Waals surface area contributed by atoms with Crippen molar-refractivity contribution in [2.24, 2.45) is 10.2 Å². The van der Waals surface area contributed by atoms with Crippen molar-refractivity contribution in [1.82, 2.24) is 29.9 Å². The van der Waals surface area contributed by atoms with E-state index in [0.717, 1.165) is 109 Å². The lowest BCUT2D eigenvalue weighted by Crippen LogP contribution is -2.34. The van der Waals surface area contributed by atoms with Gasteiger partial charge in [-0.25, -0.2) is 26.0 Å². The fourth-order valence-corrected chi connectivity index (χ4v) is 21.2. The molecule has 8 aromatic carbocycles. The van der Waals surface area contributed by atoms with Gasteiger partial charge in [0.25, 0.3) is 101 Å². The van der Waals surface area contributed by atoms with E-state index in [0.29, 0.717) is 82.2 Å². The van der Waals surface area contributed by atoms with Crippen LogP contribution < -0.4 is 41.3 Å². The average molecular weight is 2080 g/mol. The van der Waals surface area contributed by atoms with Crippen LogP contribution in [0.1, 0.15) is 31.8 Å². The molecule has 0 saturated carbocycles. The normalized spacial score (nSPS) is 14.5. The molecule has 0 atom stereocenters. The van der Waals surface area contributed by atoms with Gasteiger partial charge in [0, 0.05) is 44.0 Å². The topological polar surface area (TPSA) is 874 Å². The fraction of sp³-hybridized carbons (Fsp3) is 0. The summed E-state index contributed by atoms with van der Waals surface area (Å²) >= 11 is 0. The maximum Gasteiger partial charge on any atom is 0.444 e. The summed E-state index contributed by atoms with van der Waals surface area (Å²) in [5, 5.41) is 14.8. The van der Waals surface area contributed by atoms with Crippen molar-refractivity contribution in [3.8, 4) is 23.0 Å². The molecule has 16 N–H and O–H groups in total. The van der Waals surface area contributed by atoms with Gasteiger partial charge in [-0.05, 0) is 140 Å². The number of hydrazone groups is 2. The fourth-order valence-electron chi connectivity index (χ4n) is 13.2. The number of carbonyl (C=O) groups excluding carboxylic acids is 2. The summed E-state index contributed by atoms with van der Waals surface area (Å²) in [5.41, 5.74) is -8.80. The molecule has 2 aliphatic rings. The van der Waals surface area contributed by atoms with Crippen LogP contribution in [-0.4, -0.2) is 209 Å². The summed E-state index contributed by atoms with van der Waals surface area (Å²) in [5.74, 6) is -8.78. The zero-order valence-electron chi connectivity index (χ0n) is 64.6. The standard InChI is InChI=1S/C68H46N16O38S12/c85-59-55-31(23-53(131(111,112)113)57(59)81-79-45-17-15-41-43(61(45)133(117,118)119)7-1-9-49(41)127(99,100)101)21-37(125(93,94)95)27-47(55)71-65-73-63(75-67(77-65)83-19-3-5-35(29-83)123(87,88)89)69-33-11-13-39(51(25-33)129(105,106)107)40-14-12-34(26-52(40)130(108,109)110)70-64-74-66(78-68(76-64)84-20-4-6-36(30-84)124(90,91)92)72-48-28-38(126(96,97)98)22-32-24-54(132(114,115)116)58(60(86)56(32)48)82-80-46-18-16-42-44(62(46)134(120,121)122)8-2-10-50(42)128(102,103)104/h1-30H,(H16-2,69,70,71,72,73,74,75,76,77,78,79,80,81,82,85,86,87,88,89,90,91,92,93,94,95,96,97,98,99,100,101,102,103,104,105,106,107,108,109,110,111,112,113,114,115,116,117,118,119,120,121,122). The van der Waals surface area contributed by atoms with Gasteiger partial charge < -0.3 is 30.4 Å². The summed E-state index contributed by atoms with van der Waals surface area (Å²) in [6.45, 7) is 0. The smallest absolute Gasteiger partial charge is 0.444 e. The number of nitrogens with zero attached hydrogens (tertiary/aromatic N) is 10. The quantitative estimate of drug-likeness (QED) is 0.0200. The van der Waals surface area contributed by atoms with Crippen molar-refractivity contribution in [2.75, 3.05) is 32.1 Å². The number of hydrogen-bond donors (Lipinski definition) is 16.